The van der Waals surface area contributed by atoms with E-state index in [4.69, 9.17) is 0 Å². The Hall–Kier alpha value is -2.45. The van der Waals surface area contributed by atoms with Crippen molar-refractivity contribution in [1.29, 1.82) is 0 Å². The van der Waals surface area contributed by atoms with Gasteiger partial charge in [0, 0.05) is 10.8 Å². The van der Waals surface area contributed by atoms with Crippen LogP contribution in [0.4, 0.5) is 39.5 Å². The van der Waals surface area contributed by atoms with E-state index in [1.807, 2.05) is 0 Å². The minimum atomic E-state index is -6.33. The summed E-state index contributed by atoms with van der Waals surface area (Å²) in [7, 11) is 0. The maximum atomic E-state index is 15.1. The Kier molecular flexibility index (Phi) is 5.71. The van der Waals surface area contributed by atoms with Crippen LogP contribution in [0.1, 0.15) is 37.8 Å². The number of hydrogen-bond donors (Lipinski definition) is 0. The summed E-state index contributed by atoms with van der Waals surface area (Å²) in [6, 6.07) is 9.79. The van der Waals surface area contributed by atoms with E-state index in [-0.39, 0.29) is 17.5 Å². The summed E-state index contributed by atoms with van der Waals surface area (Å²) in [5.74, 6) is -1.75. The van der Waals surface area contributed by atoms with Gasteiger partial charge in [0.05, 0.1) is 0 Å². The topological polar surface area (TPSA) is 0 Å². The zero-order valence-corrected chi connectivity index (χ0v) is 17.0. The monoisotopic (exact) mass is 466 g/mol. The van der Waals surface area contributed by atoms with Gasteiger partial charge < -0.3 is 0 Å². The van der Waals surface area contributed by atoms with Crippen LogP contribution < -0.4 is 0 Å². The molecule has 0 nitrogen and oxygen atoms in total. The SMILES string of the molecule is CC1(c2ccccc2F)C=C(C(F)(C(F)(F)F)C(F)(F)F)CC(C)(c2ccccc2F)C1. The Morgan fingerprint density at radius 1 is 0.688 bits per heavy atom. The minimum Gasteiger partial charge on any atom is -0.219 e. The summed E-state index contributed by atoms with van der Waals surface area (Å²) in [6.45, 7) is 2.47. The van der Waals surface area contributed by atoms with Crippen LogP contribution in [0, 0.1) is 11.6 Å². The third kappa shape index (κ3) is 3.79. The molecule has 0 spiro atoms. The smallest absolute Gasteiger partial charge is 0.219 e. The van der Waals surface area contributed by atoms with Gasteiger partial charge in [0.25, 0.3) is 0 Å². The third-order valence-electron chi connectivity index (χ3n) is 6.07. The van der Waals surface area contributed by atoms with Gasteiger partial charge in [0.15, 0.2) is 0 Å². The van der Waals surface area contributed by atoms with Gasteiger partial charge in [-0.25, -0.2) is 13.2 Å². The first-order chi connectivity index (χ1) is 14.6. The molecule has 3 rings (SSSR count). The number of benzene rings is 2. The van der Waals surface area contributed by atoms with Crippen LogP contribution in [0.25, 0.3) is 0 Å². The number of alkyl halides is 7. The van der Waals surface area contributed by atoms with E-state index in [1.165, 1.54) is 50.2 Å². The Balaban J connectivity index is 2.34. The van der Waals surface area contributed by atoms with Crippen molar-refractivity contribution in [3.63, 3.8) is 0 Å². The second-order valence-electron chi connectivity index (χ2n) is 8.61. The molecule has 0 amide bonds. The van der Waals surface area contributed by atoms with Gasteiger partial charge in [-0.1, -0.05) is 56.3 Å². The molecule has 0 aliphatic heterocycles. The van der Waals surface area contributed by atoms with Crippen molar-refractivity contribution in [2.45, 2.75) is 55.5 Å². The second kappa shape index (κ2) is 7.56. The maximum Gasteiger partial charge on any atom is 0.435 e. The molecule has 0 radical (unpaired) electrons. The molecule has 2 aromatic rings. The minimum absolute atomic E-state index is 0.181. The molecule has 174 valence electrons. The highest BCUT2D eigenvalue weighted by molar-refractivity contribution is 5.44. The van der Waals surface area contributed by atoms with Crippen LogP contribution in [0.15, 0.2) is 60.2 Å². The van der Waals surface area contributed by atoms with Crippen molar-refractivity contribution in [2.75, 3.05) is 0 Å². The number of allylic oxidation sites excluding steroid dienone is 2. The van der Waals surface area contributed by atoms with Crippen LogP contribution in [-0.2, 0) is 10.8 Å². The maximum absolute atomic E-state index is 15.1. The lowest BCUT2D eigenvalue weighted by Crippen LogP contribution is -2.57. The lowest BCUT2D eigenvalue weighted by Gasteiger charge is -2.47. The lowest BCUT2D eigenvalue weighted by atomic mass is 9.58. The standard InChI is InChI=1S/C23H19F9/c1-19(15-7-3-5-9-17(15)24)11-14(21(26,22(27,28)29)23(30,31)32)12-20(2,13-19)16-8-4-6-10-18(16)25/h3-11H,12-13H2,1-2H3. The molecular formula is C23H19F9. The van der Waals surface area contributed by atoms with Crippen LogP contribution >= 0.6 is 0 Å². The van der Waals surface area contributed by atoms with Crippen molar-refractivity contribution in [2.24, 2.45) is 0 Å². The van der Waals surface area contributed by atoms with E-state index in [0.29, 0.717) is 6.08 Å². The molecule has 0 saturated carbocycles. The van der Waals surface area contributed by atoms with E-state index in [1.54, 1.807) is 0 Å². The normalized spacial score (nSPS) is 24.9. The molecule has 9 heteroatoms. The molecule has 0 heterocycles. The van der Waals surface area contributed by atoms with Gasteiger partial charge in [-0.2, -0.15) is 26.3 Å². The molecule has 0 saturated heterocycles. The predicted octanol–water partition coefficient (Wildman–Crippen LogP) is 7.73. The van der Waals surface area contributed by atoms with Crippen molar-refractivity contribution < 1.29 is 39.5 Å². The van der Waals surface area contributed by atoms with Gasteiger partial charge in [0.1, 0.15) is 11.6 Å². The lowest BCUT2D eigenvalue weighted by molar-refractivity contribution is -0.327. The van der Waals surface area contributed by atoms with Crippen molar-refractivity contribution in [3.05, 3.63) is 82.9 Å². The largest absolute Gasteiger partial charge is 0.435 e. The van der Waals surface area contributed by atoms with E-state index in [9.17, 15) is 35.1 Å². The number of halogens is 9. The van der Waals surface area contributed by atoms with E-state index >= 15 is 4.39 Å². The summed E-state index contributed by atoms with van der Waals surface area (Å²) < 4.78 is 126. The highest BCUT2D eigenvalue weighted by atomic mass is 19.4. The van der Waals surface area contributed by atoms with Crippen LogP contribution in [-0.4, -0.2) is 18.0 Å². The summed E-state index contributed by atoms with van der Waals surface area (Å²) in [6.07, 6.45) is -13.5. The Morgan fingerprint density at radius 2 is 1.12 bits per heavy atom. The zero-order valence-electron chi connectivity index (χ0n) is 17.0. The molecule has 32 heavy (non-hydrogen) atoms. The fourth-order valence-corrected chi connectivity index (χ4v) is 4.76. The average molecular weight is 466 g/mol. The van der Waals surface area contributed by atoms with Crippen molar-refractivity contribution in [3.8, 4) is 0 Å². The van der Waals surface area contributed by atoms with E-state index in [0.717, 1.165) is 12.1 Å². The summed E-state index contributed by atoms with van der Waals surface area (Å²) in [5.41, 5.74) is -11.2. The molecular weight excluding hydrogens is 447 g/mol. The van der Waals surface area contributed by atoms with Gasteiger partial charge in [0.2, 0.25) is 0 Å². The molecule has 0 bridgehead atoms. The van der Waals surface area contributed by atoms with Gasteiger partial charge in [-0.15, -0.1) is 0 Å². The molecule has 0 N–H and O–H groups in total. The summed E-state index contributed by atoms with van der Waals surface area (Å²) >= 11 is 0. The fraction of sp³-hybridized carbons (Fsp3) is 0.391. The van der Waals surface area contributed by atoms with Gasteiger partial charge >= 0.3 is 18.0 Å². The predicted molar refractivity (Wildman–Crippen MR) is 101 cm³/mol. The first-order valence-corrected chi connectivity index (χ1v) is 9.60. The van der Waals surface area contributed by atoms with E-state index < -0.39 is 52.5 Å². The first kappa shape index (κ1) is 24.2. The highest BCUT2D eigenvalue weighted by Crippen LogP contribution is 2.58. The Morgan fingerprint density at radius 3 is 1.56 bits per heavy atom. The van der Waals surface area contributed by atoms with Crippen LogP contribution in [0.2, 0.25) is 0 Å². The molecule has 2 aromatic carbocycles. The number of rotatable bonds is 3. The van der Waals surface area contributed by atoms with E-state index in [2.05, 4.69) is 0 Å². The molecule has 2 unspecified atom stereocenters. The molecule has 0 aromatic heterocycles. The molecule has 2 atom stereocenters. The quantitative estimate of drug-likeness (QED) is 0.321. The molecule has 0 fully saturated rings. The van der Waals surface area contributed by atoms with Crippen molar-refractivity contribution >= 4 is 0 Å². The van der Waals surface area contributed by atoms with Crippen molar-refractivity contribution in [1.82, 2.24) is 0 Å². The van der Waals surface area contributed by atoms with Gasteiger partial charge in [-0.3, -0.25) is 0 Å². The Bertz CT molecular complexity index is 1020. The summed E-state index contributed by atoms with van der Waals surface area (Å²) in [5, 5.41) is 0. The zero-order chi connectivity index (χ0) is 24.2. The highest BCUT2D eigenvalue weighted by Gasteiger charge is 2.75. The average Bonchev–Trinajstić information content (AvgIpc) is 2.65. The second-order valence-corrected chi connectivity index (χ2v) is 8.61. The fourth-order valence-electron chi connectivity index (χ4n) is 4.76. The van der Waals surface area contributed by atoms with Gasteiger partial charge in [-0.05, 0) is 41.7 Å². The van der Waals surface area contributed by atoms with Crippen LogP contribution in [0.5, 0.6) is 0 Å². The Labute approximate surface area is 178 Å². The molecule has 1 aliphatic rings. The summed E-state index contributed by atoms with van der Waals surface area (Å²) in [4.78, 5) is 0. The number of hydrogen-bond acceptors (Lipinski definition) is 0. The first-order valence-electron chi connectivity index (χ1n) is 9.60. The molecule has 1 aliphatic carbocycles. The third-order valence-corrected chi connectivity index (χ3v) is 6.07. The van der Waals surface area contributed by atoms with Crippen LogP contribution in [0.3, 0.4) is 0 Å².